The van der Waals surface area contributed by atoms with Crippen LogP contribution in [0.1, 0.15) is 39.3 Å². The first-order valence-electron chi connectivity index (χ1n) is 10.6. The SMILES string of the molecule is COc1ccc(-c2cc3c(s2)CCOC32CCN(C(=O)c3cccnc3C)CC2)nc1. The molecule has 3 aromatic rings. The van der Waals surface area contributed by atoms with E-state index in [1.165, 1.54) is 10.4 Å². The largest absolute Gasteiger partial charge is 0.495 e. The van der Waals surface area contributed by atoms with Gasteiger partial charge in [0.1, 0.15) is 5.75 Å². The van der Waals surface area contributed by atoms with Crippen LogP contribution in [0.5, 0.6) is 5.75 Å². The van der Waals surface area contributed by atoms with Crippen molar-refractivity contribution in [3.63, 3.8) is 0 Å². The summed E-state index contributed by atoms with van der Waals surface area (Å²) in [5.74, 6) is 0.815. The number of thiophene rings is 1. The first kappa shape index (κ1) is 20.2. The fourth-order valence-corrected chi connectivity index (χ4v) is 5.76. The number of rotatable bonds is 3. The van der Waals surface area contributed by atoms with Crippen LogP contribution in [-0.2, 0) is 16.8 Å². The third-order valence-electron chi connectivity index (χ3n) is 6.33. The molecular weight excluding hydrogens is 410 g/mol. The van der Waals surface area contributed by atoms with Crippen molar-refractivity contribution in [3.8, 4) is 16.3 Å². The molecule has 6 nitrogen and oxygen atoms in total. The van der Waals surface area contributed by atoms with E-state index in [0.29, 0.717) is 18.7 Å². The molecule has 31 heavy (non-hydrogen) atoms. The molecule has 0 unspecified atom stereocenters. The molecule has 1 spiro atoms. The molecule has 7 heteroatoms. The van der Waals surface area contributed by atoms with E-state index in [0.717, 1.165) is 47.9 Å². The number of piperidine rings is 1. The maximum atomic E-state index is 13.0. The zero-order valence-corrected chi connectivity index (χ0v) is 18.6. The van der Waals surface area contributed by atoms with Gasteiger partial charge in [0, 0.05) is 36.3 Å². The minimum Gasteiger partial charge on any atom is -0.495 e. The molecule has 3 aromatic heterocycles. The standard InChI is InChI=1S/C24H25N3O3S/c1-16-18(4-3-10-25-16)23(28)27-11-8-24(9-12-27)19-14-22(31-21(19)7-13-30-24)20-6-5-17(29-2)15-26-20/h3-6,10,14-15H,7-9,11-13H2,1-2H3. The Balaban J connectivity index is 1.37. The maximum Gasteiger partial charge on any atom is 0.255 e. The van der Waals surface area contributed by atoms with E-state index in [1.54, 1.807) is 30.8 Å². The molecule has 0 atom stereocenters. The Labute approximate surface area is 185 Å². The average molecular weight is 436 g/mol. The van der Waals surface area contributed by atoms with E-state index in [-0.39, 0.29) is 11.5 Å². The Hall–Kier alpha value is -2.77. The number of amides is 1. The van der Waals surface area contributed by atoms with E-state index in [1.807, 2.05) is 36.1 Å². The smallest absolute Gasteiger partial charge is 0.255 e. The molecule has 0 aliphatic carbocycles. The van der Waals surface area contributed by atoms with Gasteiger partial charge in [0.25, 0.3) is 5.91 Å². The number of pyridine rings is 2. The second kappa shape index (κ2) is 8.05. The van der Waals surface area contributed by atoms with Gasteiger partial charge in [-0.25, -0.2) is 0 Å². The lowest BCUT2D eigenvalue weighted by molar-refractivity contribution is -0.0926. The van der Waals surface area contributed by atoms with Crippen LogP contribution in [0.3, 0.4) is 0 Å². The van der Waals surface area contributed by atoms with Crippen LogP contribution < -0.4 is 4.74 Å². The van der Waals surface area contributed by atoms with Gasteiger partial charge in [0.15, 0.2) is 0 Å². The zero-order chi connectivity index (χ0) is 21.4. The number of ether oxygens (including phenoxy) is 2. The molecule has 1 saturated heterocycles. The van der Waals surface area contributed by atoms with Gasteiger partial charge in [-0.05, 0) is 55.7 Å². The van der Waals surface area contributed by atoms with E-state index >= 15 is 0 Å². The van der Waals surface area contributed by atoms with Crippen LogP contribution in [0.2, 0.25) is 0 Å². The van der Waals surface area contributed by atoms with Crippen LogP contribution in [0.15, 0.2) is 42.7 Å². The van der Waals surface area contributed by atoms with Crippen molar-refractivity contribution in [2.45, 2.75) is 31.8 Å². The highest BCUT2D eigenvalue weighted by molar-refractivity contribution is 7.15. The molecule has 1 fully saturated rings. The van der Waals surface area contributed by atoms with Crippen molar-refractivity contribution in [2.75, 3.05) is 26.8 Å². The molecule has 0 saturated carbocycles. The minimum atomic E-state index is -0.310. The Morgan fingerprint density at radius 2 is 2.06 bits per heavy atom. The van der Waals surface area contributed by atoms with E-state index in [4.69, 9.17) is 9.47 Å². The van der Waals surface area contributed by atoms with Crippen molar-refractivity contribution >= 4 is 17.2 Å². The number of hydrogen-bond donors (Lipinski definition) is 0. The quantitative estimate of drug-likeness (QED) is 0.616. The summed E-state index contributed by atoms with van der Waals surface area (Å²) in [5, 5.41) is 0. The first-order chi connectivity index (χ1) is 15.1. The van der Waals surface area contributed by atoms with Gasteiger partial charge in [-0.1, -0.05) is 0 Å². The van der Waals surface area contributed by atoms with Gasteiger partial charge in [-0.3, -0.25) is 14.8 Å². The van der Waals surface area contributed by atoms with Crippen LogP contribution in [0.25, 0.3) is 10.6 Å². The van der Waals surface area contributed by atoms with Crippen LogP contribution in [0.4, 0.5) is 0 Å². The van der Waals surface area contributed by atoms with E-state index in [2.05, 4.69) is 16.0 Å². The number of carbonyl (C=O) groups is 1. The zero-order valence-electron chi connectivity index (χ0n) is 17.8. The predicted octanol–water partition coefficient (Wildman–Crippen LogP) is 4.23. The summed E-state index contributed by atoms with van der Waals surface area (Å²) >= 11 is 1.80. The molecule has 0 aromatic carbocycles. The van der Waals surface area contributed by atoms with Crippen LogP contribution in [0, 0.1) is 6.92 Å². The average Bonchev–Trinajstić information content (AvgIpc) is 3.26. The highest BCUT2D eigenvalue weighted by Crippen LogP contribution is 2.46. The number of likely N-dealkylation sites (tertiary alicyclic amines) is 1. The Kier molecular flexibility index (Phi) is 5.24. The monoisotopic (exact) mass is 435 g/mol. The fraction of sp³-hybridized carbons (Fsp3) is 0.375. The number of aryl methyl sites for hydroxylation is 1. The molecule has 2 aliphatic heterocycles. The summed E-state index contributed by atoms with van der Waals surface area (Å²) in [7, 11) is 1.65. The molecule has 160 valence electrons. The molecule has 0 bridgehead atoms. The highest BCUT2D eigenvalue weighted by atomic mass is 32.1. The third-order valence-corrected chi connectivity index (χ3v) is 7.54. The summed E-state index contributed by atoms with van der Waals surface area (Å²) in [6.45, 7) is 3.96. The Morgan fingerprint density at radius 3 is 2.77 bits per heavy atom. The van der Waals surface area contributed by atoms with Gasteiger partial charge in [0.05, 0.1) is 41.6 Å². The second-order valence-electron chi connectivity index (χ2n) is 8.05. The molecule has 5 rings (SSSR count). The predicted molar refractivity (Wildman–Crippen MR) is 120 cm³/mol. The topological polar surface area (TPSA) is 64.6 Å². The van der Waals surface area contributed by atoms with Crippen molar-refractivity contribution in [3.05, 3.63) is 64.4 Å². The van der Waals surface area contributed by atoms with Crippen LogP contribution in [-0.4, -0.2) is 47.6 Å². The van der Waals surface area contributed by atoms with E-state index in [9.17, 15) is 4.79 Å². The third kappa shape index (κ3) is 3.62. The Morgan fingerprint density at radius 1 is 1.23 bits per heavy atom. The lowest BCUT2D eigenvalue weighted by Crippen LogP contribution is -2.48. The van der Waals surface area contributed by atoms with Crippen molar-refractivity contribution in [2.24, 2.45) is 0 Å². The van der Waals surface area contributed by atoms with Gasteiger partial charge in [0.2, 0.25) is 0 Å². The molecule has 5 heterocycles. The maximum absolute atomic E-state index is 13.0. The normalized spacial score (nSPS) is 17.4. The summed E-state index contributed by atoms with van der Waals surface area (Å²) < 4.78 is 11.6. The molecule has 0 radical (unpaired) electrons. The van der Waals surface area contributed by atoms with Crippen molar-refractivity contribution in [1.82, 2.24) is 14.9 Å². The Bertz CT molecular complexity index is 1100. The number of methoxy groups -OCH3 is 1. The lowest BCUT2D eigenvalue weighted by Gasteiger charge is -2.44. The van der Waals surface area contributed by atoms with Gasteiger partial charge < -0.3 is 14.4 Å². The summed E-state index contributed by atoms with van der Waals surface area (Å²) in [5.41, 5.74) is 3.39. The number of aromatic nitrogens is 2. The molecule has 0 N–H and O–H groups in total. The van der Waals surface area contributed by atoms with Crippen LogP contribution >= 0.6 is 11.3 Å². The first-order valence-corrected chi connectivity index (χ1v) is 11.4. The number of nitrogens with zero attached hydrogens (tertiary/aromatic N) is 3. The summed E-state index contributed by atoms with van der Waals surface area (Å²) in [6, 6.07) is 9.87. The fourth-order valence-electron chi connectivity index (χ4n) is 4.56. The van der Waals surface area contributed by atoms with Crippen molar-refractivity contribution < 1.29 is 14.3 Å². The molecular formula is C24H25N3O3S. The second-order valence-corrected chi connectivity index (χ2v) is 9.19. The van der Waals surface area contributed by atoms with E-state index < -0.39 is 0 Å². The van der Waals surface area contributed by atoms with Gasteiger partial charge in [-0.15, -0.1) is 11.3 Å². The highest BCUT2D eigenvalue weighted by Gasteiger charge is 2.43. The van der Waals surface area contributed by atoms with Gasteiger partial charge >= 0.3 is 0 Å². The molecule has 2 aliphatic rings. The molecule has 1 amide bonds. The number of fused-ring (bicyclic) bond motifs is 2. The summed E-state index contributed by atoms with van der Waals surface area (Å²) in [4.78, 5) is 26.3. The number of hydrogen-bond acceptors (Lipinski definition) is 6. The number of carbonyl (C=O) groups excluding carboxylic acids is 1. The lowest BCUT2D eigenvalue weighted by atomic mass is 9.82. The van der Waals surface area contributed by atoms with Gasteiger partial charge in [-0.2, -0.15) is 0 Å². The minimum absolute atomic E-state index is 0.0601. The van der Waals surface area contributed by atoms with Crippen molar-refractivity contribution in [1.29, 1.82) is 0 Å². The summed E-state index contributed by atoms with van der Waals surface area (Å²) in [6.07, 6.45) is 6.01.